The molecule has 0 aliphatic carbocycles. The molecule has 0 saturated heterocycles. The smallest absolute Gasteiger partial charge is 0.194 e. The van der Waals surface area contributed by atoms with E-state index >= 15 is 0 Å². The summed E-state index contributed by atoms with van der Waals surface area (Å²) in [5.74, 6) is 0.884. The lowest BCUT2D eigenvalue weighted by atomic mass is 10.4. The maximum absolute atomic E-state index is 4.73. The van der Waals surface area contributed by atoms with Crippen molar-refractivity contribution in [3.63, 3.8) is 0 Å². The van der Waals surface area contributed by atoms with E-state index in [1.54, 1.807) is 11.3 Å². The van der Waals surface area contributed by atoms with Crippen molar-refractivity contribution in [2.24, 2.45) is 12.0 Å². The Morgan fingerprint density at radius 1 is 1.42 bits per heavy atom. The number of hydrogen-bond acceptors (Lipinski definition) is 4. The second-order valence-corrected chi connectivity index (χ2v) is 7.55. The molecule has 24 heavy (non-hydrogen) atoms. The number of anilines is 1. The molecule has 0 unspecified atom stereocenters. The predicted octanol–water partition coefficient (Wildman–Crippen LogP) is 2.91. The lowest BCUT2D eigenvalue weighted by Gasteiger charge is -2.22. The molecule has 0 radical (unpaired) electrons. The summed E-state index contributed by atoms with van der Waals surface area (Å²) < 4.78 is 3.21. The van der Waals surface area contributed by atoms with Crippen LogP contribution < -0.4 is 10.2 Å². The number of guanidine groups is 1. The third-order valence-corrected chi connectivity index (χ3v) is 4.97. The summed E-state index contributed by atoms with van der Waals surface area (Å²) >= 11 is 5.16. The Morgan fingerprint density at radius 2 is 2.17 bits per heavy atom. The molecule has 6 nitrogen and oxygen atoms in total. The maximum atomic E-state index is 4.73. The molecule has 0 fully saturated rings. The fourth-order valence-electron chi connectivity index (χ4n) is 2.24. The number of aryl methyl sites for hydroxylation is 1. The van der Waals surface area contributed by atoms with Crippen molar-refractivity contribution < 1.29 is 0 Å². The van der Waals surface area contributed by atoms with Gasteiger partial charge in [-0.2, -0.15) is 0 Å². The molecule has 8 heteroatoms. The van der Waals surface area contributed by atoms with Gasteiger partial charge in [-0.05, 0) is 28.9 Å². The topological polar surface area (TPSA) is 48.7 Å². The van der Waals surface area contributed by atoms with Gasteiger partial charge in [0.2, 0.25) is 0 Å². The average molecular weight is 413 g/mol. The van der Waals surface area contributed by atoms with Crippen molar-refractivity contribution >= 4 is 38.4 Å². The molecular formula is C16H25BrN6S. The molecule has 0 aromatic carbocycles. The van der Waals surface area contributed by atoms with Crippen LogP contribution >= 0.6 is 27.3 Å². The predicted molar refractivity (Wildman–Crippen MR) is 106 cm³/mol. The Bertz CT molecular complexity index is 691. The minimum atomic E-state index is 0.577. The van der Waals surface area contributed by atoms with Crippen molar-refractivity contribution in [3.05, 3.63) is 33.5 Å². The van der Waals surface area contributed by atoms with Crippen LogP contribution in [-0.4, -0.2) is 48.1 Å². The second kappa shape index (κ2) is 8.53. The van der Waals surface area contributed by atoms with Crippen molar-refractivity contribution in [2.75, 3.05) is 32.6 Å². The van der Waals surface area contributed by atoms with E-state index in [9.17, 15) is 0 Å². The fraction of sp³-hybridized carbons (Fsp3) is 0.500. The summed E-state index contributed by atoms with van der Waals surface area (Å²) in [5, 5.41) is 6.42. The lowest BCUT2D eigenvalue weighted by Crippen LogP contribution is -2.38. The Hall–Kier alpha value is -1.54. The van der Waals surface area contributed by atoms with Crippen LogP contribution in [0.25, 0.3) is 0 Å². The Morgan fingerprint density at radius 3 is 2.71 bits per heavy atom. The molecule has 132 valence electrons. The van der Waals surface area contributed by atoms with Gasteiger partial charge in [0.05, 0.1) is 18.8 Å². The van der Waals surface area contributed by atoms with E-state index in [0.717, 1.165) is 34.3 Å². The van der Waals surface area contributed by atoms with E-state index in [-0.39, 0.29) is 0 Å². The van der Waals surface area contributed by atoms with Crippen LogP contribution in [0.1, 0.15) is 18.3 Å². The van der Waals surface area contributed by atoms with Crippen molar-refractivity contribution in [1.29, 1.82) is 0 Å². The highest BCUT2D eigenvalue weighted by Gasteiger charge is 2.10. The zero-order valence-electron chi connectivity index (χ0n) is 14.9. The minimum Gasteiger partial charge on any atom is -0.357 e. The Kier molecular flexibility index (Phi) is 6.68. The Labute approximate surface area is 156 Å². The zero-order valence-corrected chi connectivity index (χ0v) is 17.3. The molecule has 0 aliphatic rings. The second-order valence-electron chi connectivity index (χ2n) is 5.80. The van der Waals surface area contributed by atoms with Gasteiger partial charge in [0.1, 0.15) is 0 Å². The number of thiazole rings is 1. The third-order valence-electron chi connectivity index (χ3n) is 3.48. The number of halogens is 1. The van der Waals surface area contributed by atoms with Crippen LogP contribution in [0.5, 0.6) is 0 Å². The standard InChI is InChI=1S/C16H25BrN6S/c1-6-18-15(19-8-13-11-24-16(20-13)21(2)3)23(5)10-14-7-12(17)9-22(14)4/h7,9,11H,6,8,10H2,1-5H3,(H,18,19). The molecule has 2 aromatic rings. The molecule has 0 bridgehead atoms. The Balaban J connectivity index is 2.07. The van der Waals surface area contributed by atoms with Gasteiger partial charge in [-0.15, -0.1) is 11.3 Å². The van der Waals surface area contributed by atoms with E-state index in [4.69, 9.17) is 4.99 Å². The molecule has 0 saturated carbocycles. The molecule has 0 atom stereocenters. The van der Waals surface area contributed by atoms with E-state index in [1.807, 2.05) is 19.0 Å². The monoisotopic (exact) mass is 412 g/mol. The van der Waals surface area contributed by atoms with Crippen LogP contribution in [0.15, 0.2) is 27.1 Å². The fourth-order valence-corrected chi connectivity index (χ4v) is 3.56. The summed E-state index contributed by atoms with van der Waals surface area (Å²) in [6.45, 7) is 4.28. The molecule has 1 N–H and O–H groups in total. The molecule has 2 heterocycles. The van der Waals surface area contributed by atoms with Gasteiger partial charge in [0.15, 0.2) is 11.1 Å². The first-order valence-electron chi connectivity index (χ1n) is 7.82. The van der Waals surface area contributed by atoms with Crippen molar-refractivity contribution in [3.8, 4) is 0 Å². The molecule has 0 aliphatic heterocycles. The number of aromatic nitrogens is 2. The van der Waals surface area contributed by atoms with Crippen LogP contribution in [0.4, 0.5) is 5.13 Å². The third kappa shape index (κ3) is 4.98. The van der Waals surface area contributed by atoms with Crippen LogP contribution in [0, 0.1) is 0 Å². The maximum Gasteiger partial charge on any atom is 0.194 e. The van der Waals surface area contributed by atoms with Crippen LogP contribution in [-0.2, 0) is 20.1 Å². The normalized spacial score (nSPS) is 11.7. The van der Waals surface area contributed by atoms with E-state index in [1.165, 1.54) is 5.69 Å². The highest BCUT2D eigenvalue weighted by molar-refractivity contribution is 9.10. The highest BCUT2D eigenvalue weighted by atomic mass is 79.9. The van der Waals surface area contributed by atoms with Crippen LogP contribution in [0.3, 0.4) is 0 Å². The SMILES string of the molecule is CCNC(=NCc1csc(N(C)C)n1)N(C)Cc1cc(Br)cn1C. The van der Waals surface area contributed by atoms with Gasteiger partial charge in [0.25, 0.3) is 0 Å². The largest absolute Gasteiger partial charge is 0.357 e. The molecule has 2 aromatic heterocycles. The quantitative estimate of drug-likeness (QED) is 0.585. The van der Waals surface area contributed by atoms with E-state index < -0.39 is 0 Å². The van der Waals surface area contributed by atoms with Gasteiger partial charge < -0.3 is 19.7 Å². The van der Waals surface area contributed by atoms with Crippen LogP contribution in [0.2, 0.25) is 0 Å². The molecular weight excluding hydrogens is 388 g/mol. The summed E-state index contributed by atoms with van der Waals surface area (Å²) in [5.41, 5.74) is 2.22. The zero-order chi connectivity index (χ0) is 17.7. The first-order valence-corrected chi connectivity index (χ1v) is 9.50. The van der Waals surface area contributed by atoms with Gasteiger partial charge in [-0.1, -0.05) is 0 Å². The lowest BCUT2D eigenvalue weighted by molar-refractivity contribution is 0.461. The highest BCUT2D eigenvalue weighted by Crippen LogP contribution is 2.18. The van der Waals surface area contributed by atoms with Crippen molar-refractivity contribution in [1.82, 2.24) is 19.8 Å². The number of rotatable bonds is 6. The van der Waals surface area contributed by atoms with Gasteiger partial charge >= 0.3 is 0 Å². The van der Waals surface area contributed by atoms with E-state index in [0.29, 0.717) is 6.54 Å². The average Bonchev–Trinajstić information content (AvgIpc) is 3.10. The molecule has 2 rings (SSSR count). The van der Waals surface area contributed by atoms with E-state index in [2.05, 4.69) is 74.4 Å². The number of aliphatic imine (C=N–C) groups is 1. The summed E-state index contributed by atoms with van der Waals surface area (Å²) in [7, 11) is 8.11. The number of hydrogen-bond donors (Lipinski definition) is 1. The minimum absolute atomic E-state index is 0.577. The van der Waals surface area contributed by atoms with Gasteiger partial charge in [0, 0.05) is 56.5 Å². The summed E-state index contributed by atoms with van der Waals surface area (Å²) in [6, 6.07) is 2.13. The number of nitrogens with one attached hydrogen (secondary N) is 1. The van der Waals surface area contributed by atoms with Gasteiger partial charge in [-0.25, -0.2) is 9.98 Å². The number of nitrogens with zero attached hydrogens (tertiary/aromatic N) is 5. The van der Waals surface area contributed by atoms with Crippen molar-refractivity contribution in [2.45, 2.75) is 20.0 Å². The first-order chi connectivity index (χ1) is 11.4. The summed E-state index contributed by atoms with van der Waals surface area (Å²) in [4.78, 5) is 13.5. The first kappa shape index (κ1) is 18.8. The van der Waals surface area contributed by atoms with Gasteiger partial charge in [-0.3, -0.25) is 0 Å². The summed E-state index contributed by atoms with van der Waals surface area (Å²) in [6.07, 6.45) is 2.06. The molecule has 0 amide bonds. The molecule has 0 spiro atoms.